The molecule has 0 saturated carbocycles. The largest absolute Gasteiger partial charge is 0.496 e. The highest BCUT2D eigenvalue weighted by atomic mass is 16.5. The van der Waals surface area contributed by atoms with Crippen LogP contribution in [0.25, 0.3) is 0 Å². The van der Waals surface area contributed by atoms with E-state index >= 15 is 0 Å². The fraction of sp³-hybridized carbons (Fsp3) is 0.412. The van der Waals surface area contributed by atoms with E-state index in [9.17, 15) is 4.79 Å². The molecule has 1 aliphatic rings. The molecule has 3 rings (SSSR count). The summed E-state index contributed by atoms with van der Waals surface area (Å²) in [6.07, 6.45) is 2.27. The van der Waals surface area contributed by atoms with E-state index in [1.54, 1.807) is 7.11 Å². The Morgan fingerprint density at radius 2 is 2.27 bits per heavy atom. The minimum absolute atomic E-state index is 0.0275. The van der Waals surface area contributed by atoms with Crippen molar-refractivity contribution in [3.63, 3.8) is 0 Å². The molecule has 0 bridgehead atoms. The van der Waals surface area contributed by atoms with Crippen molar-refractivity contribution in [2.24, 2.45) is 0 Å². The molecule has 1 saturated heterocycles. The van der Waals surface area contributed by atoms with Gasteiger partial charge in [0, 0.05) is 18.2 Å². The zero-order chi connectivity index (χ0) is 15.5. The first-order chi connectivity index (χ1) is 10.7. The molecule has 2 aromatic rings. The van der Waals surface area contributed by atoms with Gasteiger partial charge in [0.15, 0.2) is 0 Å². The normalized spacial score (nSPS) is 17.7. The van der Waals surface area contributed by atoms with Gasteiger partial charge < -0.3 is 14.2 Å². The number of rotatable bonds is 4. The number of aryl methyl sites for hydroxylation is 1. The van der Waals surface area contributed by atoms with Crippen LogP contribution >= 0.6 is 0 Å². The van der Waals surface area contributed by atoms with Crippen LogP contribution in [0, 0.1) is 6.92 Å². The molecule has 0 N–H and O–H groups in total. The third-order valence-electron chi connectivity index (χ3n) is 4.09. The van der Waals surface area contributed by atoms with E-state index in [1.807, 2.05) is 42.2 Å². The molecular weight excluding hydrogens is 280 g/mol. The predicted molar refractivity (Wildman–Crippen MR) is 81.6 cm³/mol. The van der Waals surface area contributed by atoms with Gasteiger partial charge in [0.2, 0.25) is 5.91 Å². The minimum atomic E-state index is 0.0275. The van der Waals surface area contributed by atoms with Crippen molar-refractivity contribution < 1.29 is 14.1 Å². The molecule has 1 fully saturated rings. The fourth-order valence-electron chi connectivity index (χ4n) is 3.03. The van der Waals surface area contributed by atoms with Crippen LogP contribution in [0.4, 0.5) is 0 Å². The van der Waals surface area contributed by atoms with Gasteiger partial charge >= 0.3 is 0 Å². The van der Waals surface area contributed by atoms with Crippen molar-refractivity contribution in [3.05, 3.63) is 47.3 Å². The highest BCUT2D eigenvalue weighted by molar-refractivity contribution is 5.80. The number of hydrogen-bond donors (Lipinski definition) is 0. The summed E-state index contributed by atoms with van der Waals surface area (Å²) in [5.74, 6) is 1.63. The van der Waals surface area contributed by atoms with Crippen LogP contribution < -0.4 is 4.74 Å². The molecule has 2 heterocycles. The summed E-state index contributed by atoms with van der Waals surface area (Å²) in [6.45, 7) is 2.64. The lowest BCUT2D eigenvalue weighted by Gasteiger charge is -2.23. The van der Waals surface area contributed by atoms with Crippen molar-refractivity contribution in [1.82, 2.24) is 10.1 Å². The Morgan fingerprint density at radius 3 is 3.00 bits per heavy atom. The minimum Gasteiger partial charge on any atom is -0.496 e. The number of nitrogens with zero attached hydrogens (tertiary/aromatic N) is 2. The van der Waals surface area contributed by atoms with E-state index in [1.165, 1.54) is 0 Å². The molecule has 5 heteroatoms. The highest BCUT2D eigenvalue weighted by Crippen LogP contribution is 2.32. The number of methoxy groups -OCH3 is 1. The van der Waals surface area contributed by atoms with E-state index < -0.39 is 0 Å². The van der Waals surface area contributed by atoms with E-state index in [0.717, 1.165) is 42.2 Å². The van der Waals surface area contributed by atoms with E-state index in [4.69, 9.17) is 9.26 Å². The molecule has 1 atom stereocenters. The molecular formula is C17H20N2O3. The molecule has 0 radical (unpaired) electrons. The number of amides is 1. The van der Waals surface area contributed by atoms with Gasteiger partial charge in [-0.2, -0.15) is 0 Å². The first-order valence-electron chi connectivity index (χ1n) is 7.53. The molecule has 1 unspecified atom stereocenters. The van der Waals surface area contributed by atoms with E-state index in [-0.39, 0.29) is 11.9 Å². The maximum absolute atomic E-state index is 12.7. The number of benzene rings is 1. The topological polar surface area (TPSA) is 55.6 Å². The van der Waals surface area contributed by atoms with Crippen molar-refractivity contribution in [2.45, 2.75) is 32.2 Å². The number of likely N-dealkylation sites (tertiary alicyclic amines) is 1. The van der Waals surface area contributed by atoms with Crippen molar-refractivity contribution in [2.75, 3.05) is 13.7 Å². The Morgan fingerprint density at radius 1 is 1.45 bits per heavy atom. The third kappa shape index (κ3) is 2.84. The first kappa shape index (κ1) is 14.6. The van der Waals surface area contributed by atoms with Crippen LogP contribution in [0.1, 0.15) is 35.9 Å². The molecule has 1 aliphatic heterocycles. The van der Waals surface area contributed by atoms with Crippen LogP contribution in [-0.2, 0) is 11.2 Å². The fourth-order valence-corrected chi connectivity index (χ4v) is 3.03. The van der Waals surface area contributed by atoms with Crippen LogP contribution in [0.2, 0.25) is 0 Å². The Kier molecular flexibility index (Phi) is 4.13. The summed E-state index contributed by atoms with van der Waals surface area (Å²) in [4.78, 5) is 14.6. The van der Waals surface area contributed by atoms with E-state index in [0.29, 0.717) is 6.42 Å². The molecule has 0 aliphatic carbocycles. The van der Waals surface area contributed by atoms with Gasteiger partial charge in [-0.1, -0.05) is 23.4 Å². The number of carbonyl (C=O) groups excluding carboxylic acids is 1. The SMILES string of the molecule is COc1ccccc1CC(=O)N1CCCC1c1cc(C)on1. The van der Waals surface area contributed by atoms with Gasteiger partial charge in [-0.25, -0.2) is 0 Å². The number of carbonyl (C=O) groups is 1. The molecule has 0 spiro atoms. The summed E-state index contributed by atoms with van der Waals surface area (Å²) < 4.78 is 10.5. The van der Waals surface area contributed by atoms with Crippen LogP contribution in [0.5, 0.6) is 5.75 Å². The van der Waals surface area contributed by atoms with Gasteiger partial charge in [-0.15, -0.1) is 0 Å². The summed E-state index contributed by atoms with van der Waals surface area (Å²) in [7, 11) is 1.63. The Hall–Kier alpha value is -2.30. The van der Waals surface area contributed by atoms with E-state index in [2.05, 4.69) is 5.16 Å². The quantitative estimate of drug-likeness (QED) is 0.871. The maximum Gasteiger partial charge on any atom is 0.227 e. The third-order valence-corrected chi connectivity index (χ3v) is 4.09. The second-order valence-corrected chi connectivity index (χ2v) is 5.60. The summed E-state index contributed by atoms with van der Waals surface area (Å²) in [6, 6.07) is 9.59. The Bertz CT molecular complexity index is 665. The van der Waals surface area contributed by atoms with Crippen LogP contribution in [0.3, 0.4) is 0 Å². The monoisotopic (exact) mass is 300 g/mol. The van der Waals surface area contributed by atoms with Crippen molar-refractivity contribution in [3.8, 4) is 5.75 Å². The number of para-hydroxylation sites is 1. The molecule has 1 aromatic heterocycles. The Balaban J connectivity index is 1.76. The van der Waals surface area contributed by atoms with Gasteiger partial charge in [-0.05, 0) is 25.8 Å². The lowest BCUT2D eigenvalue weighted by molar-refractivity contribution is -0.131. The summed E-state index contributed by atoms with van der Waals surface area (Å²) in [5.41, 5.74) is 1.76. The second-order valence-electron chi connectivity index (χ2n) is 5.60. The lowest BCUT2D eigenvalue weighted by Crippen LogP contribution is -2.32. The predicted octanol–water partition coefficient (Wildman–Crippen LogP) is 2.90. The zero-order valence-electron chi connectivity index (χ0n) is 12.9. The standard InChI is InChI=1S/C17H20N2O3/c1-12-10-14(18-22-12)15-7-5-9-19(15)17(20)11-13-6-3-4-8-16(13)21-2/h3-4,6,8,10,15H,5,7,9,11H2,1-2H3. The lowest BCUT2D eigenvalue weighted by atomic mass is 10.1. The van der Waals surface area contributed by atoms with Gasteiger partial charge in [0.05, 0.1) is 19.6 Å². The zero-order valence-corrected chi connectivity index (χ0v) is 12.9. The van der Waals surface area contributed by atoms with Crippen molar-refractivity contribution in [1.29, 1.82) is 0 Å². The molecule has 22 heavy (non-hydrogen) atoms. The molecule has 5 nitrogen and oxygen atoms in total. The number of aromatic nitrogens is 1. The van der Waals surface area contributed by atoms with Crippen LogP contribution in [-0.4, -0.2) is 29.6 Å². The molecule has 116 valence electrons. The highest BCUT2D eigenvalue weighted by Gasteiger charge is 2.32. The maximum atomic E-state index is 12.7. The Labute approximate surface area is 129 Å². The first-order valence-corrected chi connectivity index (χ1v) is 7.53. The average Bonchev–Trinajstić information content (AvgIpc) is 3.16. The smallest absolute Gasteiger partial charge is 0.227 e. The number of hydrogen-bond acceptors (Lipinski definition) is 4. The second kappa shape index (κ2) is 6.22. The van der Waals surface area contributed by atoms with Gasteiger partial charge in [0.25, 0.3) is 0 Å². The van der Waals surface area contributed by atoms with Gasteiger partial charge in [-0.3, -0.25) is 4.79 Å². The molecule has 1 amide bonds. The average molecular weight is 300 g/mol. The molecule has 1 aromatic carbocycles. The summed E-state index contributed by atoms with van der Waals surface area (Å²) in [5, 5.41) is 4.08. The number of ether oxygens (including phenoxy) is 1. The van der Waals surface area contributed by atoms with Gasteiger partial charge in [0.1, 0.15) is 17.2 Å². The summed E-state index contributed by atoms with van der Waals surface area (Å²) >= 11 is 0. The van der Waals surface area contributed by atoms with Crippen molar-refractivity contribution >= 4 is 5.91 Å². The van der Waals surface area contributed by atoms with Crippen LogP contribution in [0.15, 0.2) is 34.9 Å².